The molecule has 3 aromatic heterocycles. The fourth-order valence-corrected chi connectivity index (χ4v) is 4.46. The molecule has 0 saturated carbocycles. The van der Waals surface area contributed by atoms with Gasteiger partial charge in [0.2, 0.25) is 0 Å². The first-order chi connectivity index (χ1) is 13.6. The van der Waals surface area contributed by atoms with Crippen LogP contribution in [0.5, 0.6) is 0 Å². The number of nitrogens with zero attached hydrogens (tertiary/aromatic N) is 3. The van der Waals surface area contributed by atoms with Gasteiger partial charge >= 0.3 is 0 Å². The molecule has 0 unspecified atom stereocenters. The van der Waals surface area contributed by atoms with Crippen molar-refractivity contribution in [1.29, 1.82) is 0 Å². The summed E-state index contributed by atoms with van der Waals surface area (Å²) in [6.07, 6.45) is 2.18. The minimum absolute atomic E-state index is 0.508. The molecule has 1 aliphatic rings. The van der Waals surface area contributed by atoms with Crippen LogP contribution in [0.25, 0.3) is 22.1 Å². The summed E-state index contributed by atoms with van der Waals surface area (Å²) in [5.41, 5.74) is 6.56. The van der Waals surface area contributed by atoms with Gasteiger partial charge in [-0.3, -0.25) is 0 Å². The van der Waals surface area contributed by atoms with E-state index in [0.717, 1.165) is 55.2 Å². The van der Waals surface area contributed by atoms with Crippen molar-refractivity contribution in [2.24, 2.45) is 0 Å². The van der Waals surface area contributed by atoms with Gasteiger partial charge in [-0.25, -0.2) is 9.97 Å². The summed E-state index contributed by atoms with van der Waals surface area (Å²) in [7, 11) is 0. The number of aromatic amines is 1. The first kappa shape index (κ1) is 17.7. The third-order valence-corrected chi connectivity index (χ3v) is 5.95. The maximum Gasteiger partial charge on any atom is 0.162 e. The van der Waals surface area contributed by atoms with Gasteiger partial charge in [-0.1, -0.05) is 17.7 Å². The van der Waals surface area contributed by atoms with Crippen LogP contribution in [0.1, 0.15) is 41.4 Å². The van der Waals surface area contributed by atoms with Gasteiger partial charge in [-0.05, 0) is 67.5 Å². The van der Waals surface area contributed by atoms with Crippen LogP contribution in [0.15, 0.2) is 30.3 Å². The molecule has 1 aliphatic heterocycles. The molecule has 5 nitrogen and oxygen atoms in total. The number of aromatic nitrogens is 4. The number of H-pyrrole nitrogens is 1. The molecule has 0 aliphatic carbocycles. The zero-order valence-electron chi connectivity index (χ0n) is 16.1. The SMILES string of the molecule is Cc1cc(Cl)nc2c1nc(C)n2Cc1ccc2[nH]c(C3CCOCC3)cc2c1. The Morgan fingerprint density at radius 3 is 2.79 bits per heavy atom. The smallest absolute Gasteiger partial charge is 0.162 e. The lowest BCUT2D eigenvalue weighted by atomic mass is 9.96. The van der Waals surface area contributed by atoms with Crippen molar-refractivity contribution in [2.45, 2.75) is 39.2 Å². The summed E-state index contributed by atoms with van der Waals surface area (Å²) < 4.78 is 7.64. The number of benzene rings is 1. The van der Waals surface area contributed by atoms with Crippen LogP contribution in [-0.2, 0) is 11.3 Å². The highest BCUT2D eigenvalue weighted by Crippen LogP contribution is 2.30. The minimum Gasteiger partial charge on any atom is -0.381 e. The highest BCUT2D eigenvalue weighted by atomic mass is 35.5. The molecule has 0 amide bonds. The van der Waals surface area contributed by atoms with Crippen LogP contribution >= 0.6 is 11.6 Å². The predicted molar refractivity (Wildman–Crippen MR) is 112 cm³/mol. The second-order valence-electron chi connectivity index (χ2n) is 7.71. The van der Waals surface area contributed by atoms with Crippen LogP contribution in [-0.4, -0.2) is 32.7 Å². The topological polar surface area (TPSA) is 55.7 Å². The molecule has 6 heteroatoms. The number of imidazole rings is 1. The Balaban J connectivity index is 1.50. The first-order valence-corrected chi connectivity index (χ1v) is 10.2. The van der Waals surface area contributed by atoms with Gasteiger partial charge in [0.15, 0.2) is 5.65 Å². The number of rotatable bonds is 3. The summed E-state index contributed by atoms with van der Waals surface area (Å²) >= 11 is 6.20. The van der Waals surface area contributed by atoms with E-state index in [1.54, 1.807) is 0 Å². The lowest BCUT2D eigenvalue weighted by Crippen LogP contribution is -2.14. The molecule has 0 spiro atoms. The molecule has 0 radical (unpaired) electrons. The lowest BCUT2D eigenvalue weighted by molar-refractivity contribution is 0.0846. The number of nitrogens with one attached hydrogen (secondary N) is 1. The van der Waals surface area contributed by atoms with Crippen LogP contribution in [0.4, 0.5) is 0 Å². The molecule has 5 rings (SSSR count). The number of hydrogen-bond acceptors (Lipinski definition) is 3. The zero-order chi connectivity index (χ0) is 19.3. The van der Waals surface area contributed by atoms with E-state index in [1.165, 1.54) is 22.2 Å². The Labute approximate surface area is 168 Å². The Morgan fingerprint density at radius 2 is 1.96 bits per heavy atom. The molecule has 1 fully saturated rings. The van der Waals surface area contributed by atoms with Crippen LogP contribution in [0, 0.1) is 13.8 Å². The zero-order valence-corrected chi connectivity index (χ0v) is 16.9. The average molecular weight is 395 g/mol. The van der Waals surface area contributed by atoms with Crippen LogP contribution in [0.2, 0.25) is 5.15 Å². The monoisotopic (exact) mass is 394 g/mol. The molecule has 4 aromatic rings. The maximum absolute atomic E-state index is 6.20. The number of pyridine rings is 1. The second kappa shape index (κ2) is 6.90. The van der Waals surface area contributed by atoms with Gasteiger partial charge < -0.3 is 14.3 Å². The molecule has 1 N–H and O–H groups in total. The van der Waals surface area contributed by atoms with Crippen molar-refractivity contribution in [3.8, 4) is 0 Å². The summed E-state index contributed by atoms with van der Waals surface area (Å²) in [4.78, 5) is 12.8. The highest BCUT2D eigenvalue weighted by Gasteiger charge is 2.18. The molecule has 28 heavy (non-hydrogen) atoms. The third kappa shape index (κ3) is 3.09. The van der Waals surface area contributed by atoms with Gasteiger partial charge in [0.1, 0.15) is 16.5 Å². The average Bonchev–Trinajstić information content (AvgIpc) is 3.24. The van der Waals surface area contributed by atoms with Crippen molar-refractivity contribution >= 4 is 33.7 Å². The van der Waals surface area contributed by atoms with E-state index in [1.807, 2.05) is 19.9 Å². The summed E-state index contributed by atoms with van der Waals surface area (Å²) in [6, 6.07) is 10.8. The van der Waals surface area contributed by atoms with Gasteiger partial charge in [-0.15, -0.1) is 0 Å². The highest BCUT2D eigenvalue weighted by molar-refractivity contribution is 6.29. The molecular weight excluding hydrogens is 372 g/mol. The number of halogens is 1. The minimum atomic E-state index is 0.508. The first-order valence-electron chi connectivity index (χ1n) is 9.78. The van der Waals surface area contributed by atoms with Crippen molar-refractivity contribution in [3.05, 3.63) is 58.1 Å². The third-order valence-electron chi connectivity index (χ3n) is 5.76. The van der Waals surface area contributed by atoms with Gasteiger partial charge in [0.25, 0.3) is 0 Å². The molecular formula is C22H23ClN4O. The van der Waals surface area contributed by atoms with E-state index in [4.69, 9.17) is 21.3 Å². The van der Waals surface area contributed by atoms with Crippen LogP contribution < -0.4 is 0 Å². The largest absolute Gasteiger partial charge is 0.381 e. The van der Waals surface area contributed by atoms with Crippen molar-refractivity contribution in [1.82, 2.24) is 19.5 Å². The fraction of sp³-hybridized carbons (Fsp3) is 0.364. The summed E-state index contributed by atoms with van der Waals surface area (Å²) in [5, 5.41) is 1.76. The normalized spacial score (nSPS) is 15.7. The quantitative estimate of drug-likeness (QED) is 0.490. The van der Waals surface area contributed by atoms with Crippen molar-refractivity contribution < 1.29 is 4.74 Å². The predicted octanol–water partition coefficient (Wildman–Crippen LogP) is 5.13. The summed E-state index contributed by atoms with van der Waals surface area (Å²) in [6.45, 7) is 6.48. The molecule has 4 heterocycles. The van der Waals surface area contributed by atoms with Gasteiger partial charge in [-0.2, -0.15) is 0 Å². The van der Waals surface area contributed by atoms with Crippen molar-refractivity contribution in [3.63, 3.8) is 0 Å². The standard InChI is InChI=1S/C22H23ClN4O/c1-13-9-20(23)26-22-21(13)24-14(2)27(22)12-15-3-4-18-17(10-15)11-19(25-18)16-5-7-28-8-6-16/h3-4,9-11,16,25H,5-8,12H2,1-2H3. The van der Waals surface area contributed by atoms with Crippen molar-refractivity contribution in [2.75, 3.05) is 13.2 Å². The molecule has 0 bridgehead atoms. The number of ether oxygens (including phenoxy) is 1. The van der Waals surface area contributed by atoms with Gasteiger partial charge in [0, 0.05) is 30.3 Å². The van der Waals surface area contributed by atoms with E-state index in [-0.39, 0.29) is 0 Å². The molecule has 1 saturated heterocycles. The maximum atomic E-state index is 6.20. The molecule has 144 valence electrons. The Morgan fingerprint density at radius 1 is 1.14 bits per heavy atom. The molecule has 1 aromatic carbocycles. The molecule has 0 atom stereocenters. The van der Waals surface area contributed by atoms with Crippen LogP contribution in [0.3, 0.4) is 0 Å². The Bertz CT molecular complexity index is 1170. The Kier molecular flexibility index (Phi) is 4.37. The van der Waals surface area contributed by atoms with E-state index < -0.39 is 0 Å². The van der Waals surface area contributed by atoms with Gasteiger partial charge in [0.05, 0.1) is 6.54 Å². The van der Waals surface area contributed by atoms with E-state index in [9.17, 15) is 0 Å². The second-order valence-corrected chi connectivity index (χ2v) is 8.10. The number of hydrogen-bond donors (Lipinski definition) is 1. The summed E-state index contributed by atoms with van der Waals surface area (Å²) in [5.74, 6) is 1.52. The number of fused-ring (bicyclic) bond motifs is 2. The van der Waals surface area contributed by atoms with E-state index >= 15 is 0 Å². The Hall–Kier alpha value is -2.37. The lowest BCUT2D eigenvalue weighted by Gasteiger charge is -2.20. The van der Waals surface area contributed by atoms with E-state index in [0.29, 0.717) is 11.1 Å². The number of aryl methyl sites for hydroxylation is 2. The fourth-order valence-electron chi connectivity index (χ4n) is 4.21. The van der Waals surface area contributed by atoms with E-state index in [2.05, 4.69) is 38.8 Å².